The molecule has 4 aromatic rings. The predicted octanol–water partition coefficient (Wildman–Crippen LogP) is 7.68. The van der Waals surface area contributed by atoms with Gasteiger partial charge in [-0.1, -0.05) is 42.5 Å². The summed E-state index contributed by atoms with van der Waals surface area (Å²) in [6.07, 6.45) is 7.18. The molecule has 3 heterocycles. The molecule has 0 radical (unpaired) electrons. The molecule has 47 heavy (non-hydrogen) atoms. The number of hydrogen-bond acceptors (Lipinski definition) is 6. The van der Waals surface area contributed by atoms with Gasteiger partial charge in [0.2, 0.25) is 0 Å². The van der Waals surface area contributed by atoms with E-state index >= 15 is 0 Å². The van der Waals surface area contributed by atoms with Crippen molar-refractivity contribution >= 4 is 40.9 Å². The number of benzene rings is 3. The summed E-state index contributed by atoms with van der Waals surface area (Å²) in [5, 5.41) is 12.0. The number of nitrogens with zero attached hydrogens (tertiary/aromatic N) is 3. The van der Waals surface area contributed by atoms with Gasteiger partial charge in [0.1, 0.15) is 0 Å². The fourth-order valence-corrected chi connectivity index (χ4v) is 7.34. The highest BCUT2D eigenvalue weighted by molar-refractivity contribution is 7.98. The summed E-state index contributed by atoms with van der Waals surface area (Å²) in [5.41, 5.74) is 6.28. The van der Waals surface area contributed by atoms with Crippen LogP contribution in [0.25, 0.3) is 11.3 Å². The fourth-order valence-electron chi connectivity index (χ4n) is 6.46. The highest BCUT2D eigenvalue weighted by Gasteiger charge is 2.31. The van der Waals surface area contributed by atoms with Crippen LogP contribution in [-0.4, -0.2) is 58.2 Å². The Morgan fingerprint density at radius 3 is 2.49 bits per heavy atom. The van der Waals surface area contributed by atoms with Gasteiger partial charge in [-0.25, -0.2) is 0 Å². The van der Waals surface area contributed by atoms with Gasteiger partial charge >= 0.3 is 5.97 Å². The third-order valence-corrected chi connectivity index (χ3v) is 9.90. The van der Waals surface area contributed by atoms with Gasteiger partial charge in [-0.05, 0) is 85.7 Å². The zero-order valence-electron chi connectivity index (χ0n) is 26.4. The number of thioether (sulfide) groups is 1. The average molecular weight is 649 g/mol. The van der Waals surface area contributed by atoms with Crippen LogP contribution in [0, 0.1) is 0 Å². The molecule has 0 saturated carbocycles. The van der Waals surface area contributed by atoms with Crippen LogP contribution in [0.4, 0.5) is 11.4 Å². The van der Waals surface area contributed by atoms with Gasteiger partial charge in [0.05, 0.1) is 23.8 Å². The van der Waals surface area contributed by atoms with Crippen molar-refractivity contribution in [1.82, 2.24) is 9.88 Å². The molecule has 0 aliphatic carbocycles. The third-order valence-electron chi connectivity index (χ3n) is 8.87. The highest BCUT2D eigenvalue weighted by Crippen LogP contribution is 2.36. The molecule has 9 heteroatoms. The Balaban J connectivity index is 1.27. The summed E-state index contributed by atoms with van der Waals surface area (Å²) >= 11 is 1.53. The van der Waals surface area contributed by atoms with E-state index in [-0.39, 0.29) is 24.3 Å². The molecule has 6 rings (SSSR count). The van der Waals surface area contributed by atoms with Crippen molar-refractivity contribution in [1.29, 1.82) is 0 Å². The second-order valence-corrected chi connectivity index (χ2v) is 13.2. The first-order valence-electron chi connectivity index (χ1n) is 16.4. The Morgan fingerprint density at radius 1 is 0.851 bits per heavy atom. The number of likely N-dealkylation sites (tertiary alicyclic amines) is 1. The van der Waals surface area contributed by atoms with Crippen molar-refractivity contribution in [3.05, 3.63) is 113 Å². The summed E-state index contributed by atoms with van der Waals surface area (Å²) in [7, 11) is 0. The number of pyridine rings is 1. The van der Waals surface area contributed by atoms with Gasteiger partial charge in [0.25, 0.3) is 11.8 Å². The van der Waals surface area contributed by atoms with E-state index in [1.54, 1.807) is 18.3 Å². The van der Waals surface area contributed by atoms with Crippen LogP contribution >= 0.6 is 11.8 Å². The minimum absolute atomic E-state index is 0.0178. The van der Waals surface area contributed by atoms with Gasteiger partial charge in [-0.2, -0.15) is 11.8 Å². The first-order valence-corrected chi connectivity index (χ1v) is 17.5. The highest BCUT2D eigenvalue weighted by atomic mass is 32.2. The van der Waals surface area contributed by atoms with E-state index in [1.165, 1.54) is 18.2 Å². The van der Waals surface area contributed by atoms with E-state index < -0.39 is 5.97 Å². The molecule has 2 fully saturated rings. The van der Waals surface area contributed by atoms with Gasteiger partial charge in [0, 0.05) is 59.7 Å². The van der Waals surface area contributed by atoms with Gasteiger partial charge < -0.3 is 20.2 Å². The van der Waals surface area contributed by atoms with Crippen LogP contribution in [0.15, 0.2) is 91.1 Å². The molecule has 242 valence electrons. The molecule has 1 aromatic heterocycles. The third kappa shape index (κ3) is 8.03. The molecule has 8 nitrogen and oxygen atoms in total. The largest absolute Gasteiger partial charge is 0.481 e. The summed E-state index contributed by atoms with van der Waals surface area (Å²) in [4.78, 5) is 47.4. The lowest BCUT2D eigenvalue weighted by molar-refractivity contribution is -0.136. The van der Waals surface area contributed by atoms with Crippen LogP contribution in [0.5, 0.6) is 0 Å². The number of aromatic nitrogens is 1. The van der Waals surface area contributed by atoms with Gasteiger partial charge in [-0.3, -0.25) is 19.4 Å². The molecule has 2 amide bonds. The number of piperidine rings is 1. The number of aliphatic carboxylic acids is 1. The summed E-state index contributed by atoms with van der Waals surface area (Å²) in [6, 6.07) is 27.4. The van der Waals surface area contributed by atoms with Crippen LogP contribution in [0.3, 0.4) is 0 Å². The van der Waals surface area contributed by atoms with Gasteiger partial charge in [0.15, 0.2) is 0 Å². The standard InChI is InChI=1S/C38H40N4O4S/c43-36(44)17-22-47-26-27-9-7-12-29(23-27)37(45)40-33-15-14-31(41-19-5-2-6-20-41)25-32(33)34-24-30(16-18-39-34)38(46)42-21-8-13-35(42)28-10-3-1-4-11-28/h1,3-4,7,9-12,14-16,18,23-25,35H,2,5-6,8,13,17,19-22,26H2,(H,40,45)(H,43,44). The number of nitrogens with one attached hydrogen (secondary N) is 1. The normalized spacial score (nSPS) is 16.2. The zero-order chi connectivity index (χ0) is 32.6. The van der Waals surface area contributed by atoms with E-state index in [0.717, 1.165) is 61.2 Å². The maximum Gasteiger partial charge on any atom is 0.304 e. The second-order valence-electron chi connectivity index (χ2n) is 12.1. The molecule has 0 spiro atoms. The number of anilines is 2. The molecular formula is C38H40N4O4S. The van der Waals surface area contributed by atoms with Crippen molar-refractivity contribution in [3.8, 4) is 11.3 Å². The van der Waals surface area contributed by atoms with Crippen molar-refractivity contribution < 1.29 is 19.5 Å². The van der Waals surface area contributed by atoms with E-state index in [0.29, 0.717) is 40.6 Å². The minimum Gasteiger partial charge on any atom is -0.481 e. The van der Waals surface area contributed by atoms with Crippen LogP contribution < -0.4 is 10.2 Å². The summed E-state index contributed by atoms with van der Waals surface area (Å²) in [6.45, 7) is 2.66. The maximum absolute atomic E-state index is 13.9. The number of carboxylic acid groups (broad SMARTS) is 1. The smallest absolute Gasteiger partial charge is 0.304 e. The number of carboxylic acids is 1. The topological polar surface area (TPSA) is 103 Å². The molecule has 3 aromatic carbocycles. The Hall–Kier alpha value is -4.63. The van der Waals surface area contributed by atoms with Crippen molar-refractivity contribution in [2.45, 2.75) is 50.3 Å². The number of hydrogen-bond donors (Lipinski definition) is 2. The van der Waals surface area contributed by atoms with Gasteiger partial charge in [-0.15, -0.1) is 0 Å². The SMILES string of the molecule is O=C(O)CCSCc1cccc(C(=O)Nc2ccc(N3CCCCC3)cc2-c2cc(C(=O)N3CCCC3c3ccccc3)ccn2)c1. The predicted molar refractivity (Wildman–Crippen MR) is 188 cm³/mol. The molecule has 1 atom stereocenters. The Bertz CT molecular complexity index is 1720. The van der Waals surface area contributed by atoms with E-state index in [2.05, 4.69) is 28.4 Å². The van der Waals surface area contributed by atoms with E-state index in [1.807, 2.05) is 59.5 Å². The Morgan fingerprint density at radius 2 is 1.68 bits per heavy atom. The molecule has 1 unspecified atom stereocenters. The lowest BCUT2D eigenvalue weighted by Gasteiger charge is -2.29. The molecular weight excluding hydrogens is 609 g/mol. The van der Waals surface area contributed by atoms with Crippen molar-refractivity contribution in [2.24, 2.45) is 0 Å². The summed E-state index contributed by atoms with van der Waals surface area (Å²) in [5.74, 6) is 0.0548. The Kier molecular flexibility index (Phi) is 10.5. The maximum atomic E-state index is 13.9. The monoisotopic (exact) mass is 648 g/mol. The lowest BCUT2D eigenvalue weighted by atomic mass is 10.0. The summed E-state index contributed by atoms with van der Waals surface area (Å²) < 4.78 is 0. The number of carbonyl (C=O) groups excluding carboxylic acids is 2. The van der Waals surface area contributed by atoms with Crippen molar-refractivity contribution in [3.63, 3.8) is 0 Å². The Labute approximate surface area is 280 Å². The lowest BCUT2D eigenvalue weighted by Crippen LogP contribution is -2.30. The first-order chi connectivity index (χ1) is 23.0. The number of rotatable bonds is 11. The fraction of sp³-hybridized carbons (Fsp3) is 0.316. The second kappa shape index (κ2) is 15.3. The zero-order valence-corrected chi connectivity index (χ0v) is 27.3. The van der Waals surface area contributed by atoms with Crippen LogP contribution in [-0.2, 0) is 10.5 Å². The molecule has 2 aliphatic heterocycles. The number of carbonyl (C=O) groups is 3. The van der Waals surface area contributed by atoms with E-state index in [4.69, 9.17) is 10.1 Å². The molecule has 2 aliphatic rings. The number of amides is 2. The van der Waals surface area contributed by atoms with E-state index in [9.17, 15) is 14.4 Å². The molecule has 2 N–H and O–H groups in total. The minimum atomic E-state index is -0.815. The van der Waals surface area contributed by atoms with Crippen LogP contribution in [0.1, 0.15) is 76.4 Å². The van der Waals surface area contributed by atoms with Crippen molar-refractivity contribution in [2.75, 3.05) is 35.6 Å². The molecule has 0 bridgehead atoms. The quantitative estimate of drug-likeness (QED) is 0.161. The average Bonchev–Trinajstić information content (AvgIpc) is 3.61. The molecule has 2 saturated heterocycles. The first kappa shape index (κ1) is 32.3. The van der Waals surface area contributed by atoms with Crippen LogP contribution in [0.2, 0.25) is 0 Å².